The van der Waals surface area contributed by atoms with E-state index in [1.54, 1.807) is 6.20 Å². The first-order valence-corrected chi connectivity index (χ1v) is 10.3. The first-order valence-electron chi connectivity index (χ1n) is 8.18. The fourth-order valence-electron chi connectivity index (χ4n) is 2.31. The van der Waals surface area contributed by atoms with E-state index in [4.69, 9.17) is 10.5 Å². The van der Waals surface area contributed by atoms with Gasteiger partial charge in [-0.05, 0) is 91.4 Å². The molecular weight excluding hydrogens is 556 g/mol. The number of fused-ring (bicyclic) bond motifs is 1. The number of nitrogens with zero attached hydrogens (tertiary/aromatic N) is 2. The maximum atomic E-state index is 11.9. The van der Waals surface area contributed by atoms with Gasteiger partial charge in [-0.1, -0.05) is 24.3 Å². The third-order valence-electron chi connectivity index (χ3n) is 3.43. The molecule has 2 N–H and O–H groups in total. The van der Waals surface area contributed by atoms with E-state index in [0.29, 0.717) is 0 Å². The Balaban J connectivity index is 0.000000228. The quantitative estimate of drug-likeness (QED) is 0.425. The zero-order valence-corrected chi connectivity index (χ0v) is 19.6. The Kier molecular flexibility index (Phi) is 6.89. The molecule has 1 aromatic heterocycles. The topological polar surface area (TPSA) is 70.1 Å². The Morgan fingerprint density at radius 1 is 1.35 bits per heavy atom. The molecule has 1 atom stereocenters. The monoisotopic (exact) mass is 579 g/mol. The van der Waals surface area contributed by atoms with Gasteiger partial charge >= 0.3 is 6.09 Å². The van der Waals surface area contributed by atoms with Crippen LogP contribution in [-0.2, 0) is 4.74 Å². The number of carbonyl (C=O) groups excluding carboxylic acids is 1. The highest BCUT2D eigenvalue weighted by atomic mass is 127. The molecule has 2 aromatic rings. The van der Waals surface area contributed by atoms with Crippen molar-refractivity contribution in [2.24, 2.45) is 5.73 Å². The standard InChI is InChI=1S/C12H13IN2O2.C7H10IN/c1-12(2,3)17-11(16)15-10-6-4-5-9(13)8(10)7-14-15;1-7(9)4-2-3-6(8)5-7/h4-7H,1-3H3;2-3,5H,4,9H2,1H3. The number of rotatable bonds is 0. The summed E-state index contributed by atoms with van der Waals surface area (Å²) in [5, 5.41) is 5.03. The highest BCUT2D eigenvalue weighted by molar-refractivity contribution is 14.1. The summed E-state index contributed by atoms with van der Waals surface area (Å²) in [5.41, 5.74) is 5.98. The third kappa shape index (κ3) is 6.05. The summed E-state index contributed by atoms with van der Waals surface area (Å²) in [4.78, 5) is 11.9. The van der Waals surface area contributed by atoms with Crippen LogP contribution in [0, 0.1) is 3.57 Å². The predicted octanol–water partition coefficient (Wildman–Crippen LogP) is 5.41. The zero-order valence-electron chi connectivity index (χ0n) is 15.3. The van der Waals surface area contributed by atoms with Crippen LogP contribution in [0.25, 0.3) is 10.9 Å². The Morgan fingerprint density at radius 2 is 2.04 bits per heavy atom. The van der Waals surface area contributed by atoms with Crippen LogP contribution in [-0.4, -0.2) is 27.0 Å². The molecule has 0 saturated carbocycles. The van der Waals surface area contributed by atoms with E-state index in [-0.39, 0.29) is 5.54 Å². The van der Waals surface area contributed by atoms with E-state index in [1.165, 1.54) is 8.26 Å². The van der Waals surface area contributed by atoms with Gasteiger partial charge in [0.05, 0.1) is 11.7 Å². The second-order valence-electron chi connectivity index (χ2n) is 7.35. The van der Waals surface area contributed by atoms with Crippen molar-refractivity contribution in [1.29, 1.82) is 0 Å². The average Bonchev–Trinajstić information content (AvgIpc) is 2.90. The molecule has 140 valence electrons. The molecule has 3 rings (SSSR count). The molecule has 1 aromatic carbocycles. The normalized spacial score (nSPS) is 19.6. The molecule has 1 unspecified atom stereocenters. The summed E-state index contributed by atoms with van der Waals surface area (Å²) in [5.74, 6) is 0. The largest absolute Gasteiger partial charge is 0.442 e. The Hall–Kier alpha value is -0.940. The Morgan fingerprint density at radius 3 is 2.58 bits per heavy atom. The van der Waals surface area contributed by atoms with Crippen molar-refractivity contribution in [3.8, 4) is 0 Å². The Labute approximate surface area is 181 Å². The number of carbonyl (C=O) groups is 1. The molecule has 0 aliphatic heterocycles. The molecule has 0 saturated heterocycles. The molecule has 0 fully saturated rings. The van der Waals surface area contributed by atoms with Gasteiger partial charge in [-0.15, -0.1) is 0 Å². The van der Waals surface area contributed by atoms with E-state index in [2.05, 4.69) is 68.5 Å². The van der Waals surface area contributed by atoms with Crippen LogP contribution in [0.15, 0.2) is 46.2 Å². The van der Waals surface area contributed by atoms with Gasteiger partial charge in [0.2, 0.25) is 0 Å². The summed E-state index contributed by atoms with van der Waals surface area (Å²) in [6, 6.07) is 5.73. The van der Waals surface area contributed by atoms with Gasteiger partial charge in [0.25, 0.3) is 0 Å². The molecule has 26 heavy (non-hydrogen) atoms. The minimum atomic E-state index is -0.517. The number of hydrogen-bond donors (Lipinski definition) is 1. The van der Waals surface area contributed by atoms with Crippen LogP contribution in [0.5, 0.6) is 0 Å². The van der Waals surface area contributed by atoms with Crippen LogP contribution >= 0.6 is 45.2 Å². The average molecular weight is 579 g/mol. The summed E-state index contributed by atoms with van der Waals surface area (Å²) < 4.78 is 8.89. The minimum absolute atomic E-state index is 0.106. The number of benzene rings is 1. The van der Waals surface area contributed by atoms with Gasteiger partial charge in [-0.3, -0.25) is 0 Å². The van der Waals surface area contributed by atoms with E-state index < -0.39 is 11.7 Å². The molecule has 5 nitrogen and oxygen atoms in total. The van der Waals surface area contributed by atoms with Crippen molar-refractivity contribution in [3.63, 3.8) is 0 Å². The maximum Gasteiger partial charge on any atom is 0.435 e. The molecule has 0 radical (unpaired) electrons. The Bertz CT molecular complexity index is 861. The first-order chi connectivity index (χ1) is 12.0. The first kappa shape index (κ1) is 21.4. The lowest BCUT2D eigenvalue weighted by Crippen LogP contribution is -2.33. The molecular formula is C19H23I2N3O2. The van der Waals surface area contributed by atoms with Crippen molar-refractivity contribution >= 4 is 62.2 Å². The van der Waals surface area contributed by atoms with Gasteiger partial charge in [-0.25, -0.2) is 4.79 Å². The summed E-state index contributed by atoms with van der Waals surface area (Å²) in [6.07, 6.45) is 8.49. The van der Waals surface area contributed by atoms with Crippen molar-refractivity contribution in [2.45, 2.75) is 45.3 Å². The van der Waals surface area contributed by atoms with Crippen molar-refractivity contribution < 1.29 is 9.53 Å². The van der Waals surface area contributed by atoms with Crippen molar-refractivity contribution in [2.75, 3.05) is 0 Å². The smallest absolute Gasteiger partial charge is 0.435 e. The van der Waals surface area contributed by atoms with E-state index in [9.17, 15) is 4.79 Å². The number of nitrogens with two attached hydrogens (primary N) is 1. The number of aromatic nitrogens is 2. The fraction of sp³-hybridized carbons (Fsp3) is 0.368. The molecule has 1 aliphatic rings. The fourth-order valence-corrected chi connectivity index (χ4v) is 3.90. The van der Waals surface area contributed by atoms with Crippen LogP contribution in [0.4, 0.5) is 4.79 Å². The maximum absolute atomic E-state index is 11.9. The molecule has 0 bridgehead atoms. The molecule has 1 heterocycles. The van der Waals surface area contributed by atoms with Crippen LogP contribution in [0.1, 0.15) is 34.1 Å². The highest BCUT2D eigenvalue weighted by Crippen LogP contribution is 2.22. The minimum Gasteiger partial charge on any atom is -0.442 e. The summed E-state index contributed by atoms with van der Waals surface area (Å²) in [6.45, 7) is 7.54. The lowest BCUT2D eigenvalue weighted by molar-refractivity contribution is 0.0523. The SMILES string of the molecule is CC(C)(C)OC(=O)n1ncc2c(I)cccc21.CC1(N)C=C(I)C=CC1. The zero-order chi connectivity index (χ0) is 19.5. The van der Waals surface area contributed by atoms with Gasteiger partial charge in [0.15, 0.2) is 0 Å². The number of halogens is 2. The number of ether oxygens (including phenoxy) is 1. The third-order valence-corrected chi connectivity index (χ3v) is 5.04. The molecule has 0 amide bonds. The second-order valence-corrected chi connectivity index (χ2v) is 9.76. The summed E-state index contributed by atoms with van der Waals surface area (Å²) in [7, 11) is 0. The predicted molar refractivity (Wildman–Crippen MR) is 123 cm³/mol. The molecule has 1 aliphatic carbocycles. The number of hydrogen-bond acceptors (Lipinski definition) is 4. The number of allylic oxidation sites excluding steroid dienone is 2. The lowest BCUT2D eigenvalue weighted by atomic mass is 9.95. The van der Waals surface area contributed by atoms with E-state index in [0.717, 1.165) is 20.9 Å². The van der Waals surface area contributed by atoms with Crippen LogP contribution < -0.4 is 5.73 Å². The van der Waals surface area contributed by atoms with Gasteiger partial charge in [0, 0.05) is 18.1 Å². The van der Waals surface area contributed by atoms with Gasteiger partial charge in [-0.2, -0.15) is 9.78 Å². The van der Waals surface area contributed by atoms with Crippen LogP contribution in [0.3, 0.4) is 0 Å². The van der Waals surface area contributed by atoms with Crippen molar-refractivity contribution in [3.05, 3.63) is 49.8 Å². The lowest BCUT2D eigenvalue weighted by Gasteiger charge is -2.21. The van der Waals surface area contributed by atoms with Gasteiger partial charge in [0.1, 0.15) is 5.60 Å². The van der Waals surface area contributed by atoms with E-state index in [1.807, 2.05) is 45.9 Å². The molecule has 0 spiro atoms. The van der Waals surface area contributed by atoms with Crippen molar-refractivity contribution in [1.82, 2.24) is 9.78 Å². The molecule has 7 heteroatoms. The van der Waals surface area contributed by atoms with Gasteiger partial charge < -0.3 is 10.5 Å². The van der Waals surface area contributed by atoms with Crippen LogP contribution in [0.2, 0.25) is 0 Å². The highest BCUT2D eigenvalue weighted by Gasteiger charge is 2.20. The summed E-state index contributed by atoms with van der Waals surface area (Å²) >= 11 is 4.49. The second kappa shape index (κ2) is 8.39. The van der Waals surface area contributed by atoms with E-state index >= 15 is 0 Å².